The summed E-state index contributed by atoms with van der Waals surface area (Å²) in [6, 6.07) is 0.633. The smallest absolute Gasteiger partial charge is 0.137 e. The number of nitrogens with one attached hydrogen (secondary N) is 1. The second-order valence-electron chi connectivity index (χ2n) is 4.97. The average molecular weight is 238 g/mol. The summed E-state index contributed by atoms with van der Waals surface area (Å²) in [4.78, 5) is 3.92. The number of aryl methyl sites for hydroxylation is 1. The van der Waals surface area contributed by atoms with Gasteiger partial charge in [-0.25, -0.2) is 4.98 Å². The molecule has 5 nitrogen and oxygen atoms in total. The van der Waals surface area contributed by atoms with Crippen LogP contribution < -0.4 is 5.32 Å². The first-order chi connectivity index (χ1) is 8.28. The van der Waals surface area contributed by atoms with E-state index in [4.69, 9.17) is 0 Å². The Balaban J connectivity index is 1.79. The van der Waals surface area contributed by atoms with Gasteiger partial charge in [-0.2, -0.15) is 5.10 Å². The summed E-state index contributed by atoms with van der Waals surface area (Å²) >= 11 is 0. The Morgan fingerprint density at radius 1 is 1.53 bits per heavy atom. The van der Waals surface area contributed by atoms with E-state index in [2.05, 4.69) is 22.3 Å². The lowest BCUT2D eigenvalue weighted by Crippen LogP contribution is -2.49. The zero-order chi connectivity index (χ0) is 12.1. The maximum absolute atomic E-state index is 9.61. The van der Waals surface area contributed by atoms with E-state index in [9.17, 15) is 5.11 Å². The normalized spacial score (nSPS) is 19.2. The zero-order valence-corrected chi connectivity index (χ0v) is 10.5. The molecule has 0 amide bonds. The summed E-state index contributed by atoms with van der Waals surface area (Å²) in [5, 5.41) is 17.3. The Bertz CT molecular complexity index is 317. The molecule has 1 atom stereocenters. The fourth-order valence-corrected chi connectivity index (χ4v) is 2.18. The molecule has 0 aromatic carbocycles. The molecule has 0 saturated heterocycles. The van der Waals surface area contributed by atoms with Crippen molar-refractivity contribution in [3.63, 3.8) is 0 Å². The molecule has 1 saturated carbocycles. The lowest BCUT2D eigenvalue weighted by molar-refractivity contribution is 0.140. The van der Waals surface area contributed by atoms with Gasteiger partial charge in [-0.3, -0.25) is 4.68 Å². The predicted octanol–water partition coefficient (Wildman–Crippen LogP) is 0.951. The van der Waals surface area contributed by atoms with Crippen molar-refractivity contribution in [2.45, 2.75) is 57.2 Å². The van der Waals surface area contributed by atoms with Gasteiger partial charge in [0.15, 0.2) is 0 Å². The van der Waals surface area contributed by atoms with Crippen molar-refractivity contribution in [3.05, 3.63) is 12.7 Å². The molecule has 0 aliphatic heterocycles. The second kappa shape index (κ2) is 5.60. The van der Waals surface area contributed by atoms with Gasteiger partial charge in [0, 0.05) is 18.1 Å². The highest BCUT2D eigenvalue weighted by atomic mass is 16.3. The van der Waals surface area contributed by atoms with Crippen LogP contribution >= 0.6 is 0 Å². The number of hydrogen-bond donors (Lipinski definition) is 2. The molecule has 0 spiro atoms. The largest absolute Gasteiger partial charge is 0.394 e. The lowest BCUT2D eigenvalue weighted by Gasteiger charge is -2.32. The van der Waals surface area contributed by atoms with Crippen LogP contribution in [0.15, 0.2) is 12.7 Å². The Hall–Kier alpha value is -0.940. The number of hydrogen-bond acceptors (Lipinski definition) is 4. The van der Waals surface area contributed by atoms with Gasteiger partial charge >= 0.3 is 0 Å². The summed E-state index contributed by atoms with van der Waals surface area (Å²) in [6.45, 7) is 3.23. The molecule has 2 N–H and O–H groups in total. The van der Waals surface area contributed by atoms with E-state index in [-0.39, 0.29) is 12.1 Å². The van der Waals surface area contributed by atoms with Crippen molar-refractivity contribution in [3.8, 4) is 0 Å². The maximum atomic E-state index is 9.61. The molecule has 96 valence electrons. The van der Waals surface area contributed by atoms with Gasteiger partial charge < -0.3 is 10.4 Å². The highest BCUT2D eigenvalue weighted by molar-refractivity contribution is 4.94. The zero-order valence-electron chi connectivity index (χ0n) is 10.5. The fourth-order valence-electron chi connectivity index (χ4n) is 2.18. The quantitative estimate of drug-likeness (QED) is 0.708. The van der Waals surface area contributed by atoms with Crippen LogP contribution in [0.25, 0.3) is 0 Å². The van der Waals surface area contributed by atoms with Crippen molar-refractivity contribution in [1.82, 2.24) is 20.1 Å². The van der Waals surface area contributed by atoms with E-state index >= 15 is 0 Å². The number of aliphatic hydroxyl groups is 1. The van der Waals surface area contributed by atoms with Crippen molar-refractivity contribution in [2.75, 3.05) is 6.61 Å². The van der Waals surface area contributed by atoms with Gasteiger partial charge in [0.25, 0.3) is 0 Å². The van der Waals surface area contributed by atoms with Crippen LogP contribution in [0.4, 0.5) is 0 Å². The molecule has 0 radical (unpaired) electrons. The molecule has 17 heavy (non-hydrogen) atoms. The average Bonchev–Trinajstić information content (AvgIpc) is 3.01. The molecule has 0 bridgehead atoms. The van der Waals surface area contributed by atoms with E-state index in [1.165, 1.54) is 12.8 Å². The summed E-state index contributed by atoms with van der Waals surface area (Å²) in [6.07, 6.45) is 8.77. The molecule has 1 heterocycles. The first kappa shape index (κ1) is 12.5. The Labute approximate surface area is 102 Å². The summed E-state index contributed by atoms with van der Waals surface area (Å²) in [5.74, 6) is 0. The van der Waals surface area contributed by atoms with Crippen molar-refractivity contribution in [1.29, 1.82) is 0 Å². The summed E-state index contributed by atoms with van der Waals surface area (Å²) in [7, 11) is 0. The predicted molar refractivity (Wildman–Crippen MR) is 65.5 cm³/mol. The van der Waals surface area contributed by atoms with Crippen molar-refractivity contribution >= 4 is 0 Å². The molecule has 1 aromatic rings. The minimum atomic E-state index is -0.0955. The van der Waals surface area contributed by atoms with Gasteiger partial charge in [0.05, 0.1) is 6.61 Å². The van der Waals surface area contributed by atoms with Crippen LogP contribution in [0.5, 0.6) is 0 Å². The van der Waals surface area contributed by atoms with E-state index in [0.29, 0.717) is 6.04 Å². The molecule has 1 aliphatic rings. The maximum Gasteiger partial charge on any atom is 0.137 e. The number of aliphatic hydroxyl groups excluding tert-OH is 1. The monoisotopic (exact) mass is 238 g/mol. The topological polar surface area (TPSA) is 63.0 Å². The molecule has 5 heteroatoms. The molecule has 1 unspecified atom stereocenters. The highest BCUT2D eigenvalue weighted by Gasteiger charge is 2.33. The minimum Gasteiger partial charge on any atom is -0.394 e. The summed E-state index contributed by atoms with van der Waals surface area (Å²) in [5.41, 5.74) is -0.0955. The third-order valence-electron chi connectivity index (χ3n) is 3.58. The van der Waals surface area contributed by atoms with Crippen LogP contribution in [0, 0.1) is 0 Å². The lowest BCUT2D eigenvalue weighted by atomic mass is 9.91. The SMILES string of the molecule is CCC(CO)(CCCn1cncn1)NC1CC1. The molecule has 1 aromatic heterocycles. The van der Waals surface area contributed by atoms with Crippen LogP contribution in [-0.4, -0.2) is 38.1 Å². The van der Waals surface area contributed by atoms with E-state index in [0.717, 1.165) is 25.8 Å². The van der Waals surface area contributed by atoms with Crippen molar-refractivity contribution < 1.29 is 5.11 Å². The summed E-state index contributed by atoms with van der Waals surface area (Å²) < 4.78 is 1.84. The molecular weight excluding hydrogens is 216 g/mol. The van der Waals surface area contributed by atoms with Gasteiger partial charge in [0.1, 0.15) is 12.7 Å². The highest BCUT2D eigenvalue weighted by Crippen LogP contribution is 2.26. The second-order valence-corrected chi connectivity index (χ2v) is 4.97. The molecular formula is C12H22N4O. The number of nitrogens with zero attached hydrogens (tertiary/aromatic N) is 3. The first-order valence-corrected chi connectivity index (χ1v) is 6.49. The van der Waals surface area contributed by atoms with E-state index in [1.54, 1.807) is 12.7 Å². The number of aromatic nitrogens is 3. The van der Waals surface area contributed by atoms with Crippen LogP contribution in [0.2, 0.25) is 0 Å². The number of rotatable bonds is 8. The third kappa shape index (κ3) is 3.51. The Morgan fingerprint density at radius 3 is 2.88 bits per heavy atom. The fraction of sp³-hybridized carbons (Fsp3) is 0.833. The van der Waals surface area contributed by atoms with Gasteiger partial charge in [-0.1, -0.05) is 6.92 Å². The standard InChI is InChI=1S/C12H22N4O/c1-2-12(8-17,15-11-4-5-11)6-3-7-16-10-13-9-14-16/h9-11,15,17H,2-8H2,1H3. The Kier molecular flexibility index (Phi) is 4.12. The minimum absolute atomic E-state index is 0.0955. The van der Waals surface area contributed by atoms with E-state index < -0.39 is 0 Å². The van der Waals surface area contributed by atoms with Crippen LogP contribution in [0.3, 0.4) is 0 Å². The molecule has 2 rings (SSSR count). The van der Waals surface area contributed by atoms with Gasteiger partial charge in [0.2, 0.25) is 0 Å². The molecule has 1 aliphatic carbocycles. The van der Waals surface area contributed by atoms with E-state index in [1.807, 2.05) is 4.68 Å². The van der Waals surface area contributed by atoms with Crippen molar-refractivity contribution in [2.24, 2.45) is 0 Å². The first-order valence-electron chi connectivity index (χ1n) is 6.49. The third-order valence-corrected chi connectivity index (χ3v) is 3.58. The van der Waals surface area contributed by atoms with Crippen LogP contribution in [-0.2, 0) is 6.54 Å². The Morgan fingerprint density at radius 2 is 2.35 bits per heavy atom. The van der Waals surface area contributed by atoms with Crippen LogP contribution in [0.1, 0.15) is 39.0 Å². The molecule has 1 fully saturated rings. The van der Waals surface area contributed by atoms with Gasteiger partial charge in [-0.15, -0.1) is 0 Å². The van der Waals surface area contributed by atoms with Gasteiger partial charge in [-0.05, 0) is 32.1 Å².